The number of nitrogens with one attached hydrogen (secondary N) is 2. The highest BCUT2D eigenvalue weighted by Gasteiger charge is 2.35. The lowest BCUT2D eigenvalue weighted by atomic mass is 9.90. The number of carbonyl (C=O) groups excluding carboxylic acids is 2. The molecule has 6 nitrogen and oxygen atoms in total. The molecule has 3 rings (SSSR count). The molecule has 27 heavy (non-hydrogen) atoms. The first-order valence-electron chi connectivity index (χ1n) is 9.53. The summed E-state index contributed by atoms with van der Waals surface area (Å²) in [5.74, 6) is 0.159. The van der Waals surface area contributed by atoms with Crippen molar-refractivity contribution in [3.05, 3.63) is 35.5 Å². The van der Waals surface area contributed by atoms with Gasteiger partial charge in [-0.1, -0.05) is 32.0 Å². The minimum atomic E-state index is -0.585. The number of H-pyrrole nitrogens is 1. The molecule has 0 saturated heterocycles. The first-order valence-corrected chi connectivity index (χ1v) is 9.53. The van der Waals surface area contributed by atoms with Crippen LogP contribution in [0.15, 0.2) is 24.3 Å². The van der Waals surface area contributed by atoms with Gasteiger partial charge in [-0.05, 0) is 44.7 Å². The monoisotopic (exact) mass is 371 g/mol. The fourth-order valence-electron chi connectivity index (χ4n) is 3.81. The van der Waals surface area contributed by atoms with E-state index in [1.807, 2.05) is 17.0 Å². The predicted octanol–water partition coefficient (Wildman–Crippen LogP) is 3.77. The largest absolute Gasteiger partial charge is 0.444 e. The van der Waals surface area contributed by atoms with Crippen LogP contribution < -0.4 is 5.32 Å². The zero-order chi connectivity index (χ0) is 19.8. The summed E-state index contributed by atoms with van der Waals surface area (Å²) in [6, 6.07) is 8.23. The first kappa shape index (κ1) is 19.3. The molecule has 1 unspecified atom stereocenters. The zero-order valence-electron chi connectivity index (χ0n) is 16.8. The summed E-state index contributed by atoms with van der Waals surface area (Å²) in [6.45, 7) is 10.2. The van der Waals surface area contributed by atoms with Crippen LogP contribution in [0, 0.1) is 5.92 Å². The second kappa shape index (κ2) is 7.25. The van der Waals surface area contributed by atoms with Crippen LogP contribution in [0.5, 0.6) is 0 Å². The van der Waals surface area contributed by atoms with Crippen molar-refractivity contribution in [3.63, 3.8) is 0 Å². The van der Waals surface area contributed by atoms with Crippen LogP contribution in [0.4, 0.5) is 4.79 Å². The van der Waals surface area contributed by atoms with E-state index in [-0.39, 0.29) is 24.4 Å². The number of hydrogen-bond donors (Lipinski definition) is 2. The maximum Gasteiger partial charge on any atom is 0.408 e. The van der Waals surface area contributed by atoms with Gasteiger partial charge in [-0.2, -0.15) is 0 Å². The van der Waals surface area contributed by atoms with E-state index >= 15 is 0 Å². The Balaban J connectivity index is 1.78. The van der Waals surface area contributed by atoms with E-state index < -0.39 is 11.7 Å². The summed E-state index contributed by atoms with van der Waals surface area (Å²) in [5, 5.41) is 3.82. The summed E-state index contributed by atoms with van der Waals surface area (Å²) < 4.78 is 5.22. The molecule has 0 bridgehead atoms. The molecule has 0 spiro atoms. The molecule has 2 heterocycles. The van der Waals surface area contributed by atoms with Crippen molar-refractivity contribution >= 4 is 22.9 Å². The molecule has 1 aromatic heterocycles. The van der Waals surface area contributed by atoms with Gasteiger partial charge < -0.3 is 19.9 Å². The molecule has 2 aromatic rings. The van der Waals surface area contributed by atoms with Crippen molar-refractivity contribution in [1.82, 2.24) is 15.2 Å². The van der Waals surface area contributed by atoms with Crippen molar-refractivity contribution in [2.75, 3.05) is 13.1 Å². The molecule has 2 N–H and O–H groups in total. The average Bonchev–Trinajstić information content (AvgIpc) is 2.95. The van der Waals surface area contributed by atoms with Crippen LogP contribution in [-0.4, -0.2) is 40.6 Å². The van der Waals surface area contributed by atoms with Gasteiger partial charge in [-0.15, -0.1) is 0 Å². The van der Waals surface area contributed by atoms with Crippen molar-refractivity contribution in [2.24, 2.45) is 5.92 Å². The second-order valence-corrected chi connectivity index (χ2v) is 8.44. The van der Waals surface area contributed by atoms with E-state index in [1.165, 1.54) is 10.9 Å². The van der Waals surface area contributed by atoms with Crippen LogP contribution in [0.2, 0.25) is 0 Å². The number of fused-ring (bicyclic) bond motifs is 3. The van der Waals surface area contributed by atoms with Crippen LogP contribution in [0.3, 0.4) is 0 Å². The Bertz CT molecular complexity index is 848. The molecule has 0 saturated carbocycles. The normalized spacial score (nSPS) is 17.1. The van der Waals surface area contributed by atoms with Gasteiger partial charge in [0.25, 0.3) is 0 Å². The molecule has 1 aromatic carbocycles. The Labute approximate surface area is 160 Å². The molecule has 0 aliphatic carbocycles. The number of aromatic nitrogens is 1. The van der Waals surface area contributed by atoms with Crippen LogP contribution in [0.1, 0.15) is 51.9 Å². The standard InChI is InChI=1S/C21H29N3O3/c1-13(2)19-18-15(14-8-6-7-9-16(14)23-18)10-11-24(19)17(25)12-22-20(26)27-21(3,4)5/h6-9,13,19,23H,10-12H2,1-5H3,(H,22,26). The molecule has 0 radical (unpaired) electrons. The fraction of sp³-hybridized carbons (Fsp3) is 0.524. The number of para-hydroxylation sites is 1. The van der Waals surface area contributed by atoms with Gasteiger partial charge in [0.1, 0.15) is 12.1 Å². The SMILES string of the molecule is CC(C)C1c2[nH]c3ccccc3c2CCN1C(=O)CNC(=O)OC(C)(C)C. The van der Waals surface area contributed by atoms with Crippen molar-refractivity contribution in [2.45, 2.75) is 52.7 Å². The molecule has 0 fully saturated rings. The van der Waals surface area contributed by atoms with Crippen molar-refractivity contribution in [1.29, 1.82) is 0 Å². The van der Waals surface area contributed by atoms with Gasteiger partial charge in [0.15, 0.2) is 0 Å². The minimum absolute atomic E-state index is 0.0333. The van der Waals surface area contributed by atoms with Gasteiger partial charge in [0, 0.05) is 23.1 Å². The molecule has 1 aliphatic heterocycles. The number of amides is 2. The molecule has 2 amide bonds. The van der Waals surface area contributed by atoms with E-state index in [0.29, 0.717) is 6.54 Å². The topological polar surface area (TPSA) is 74.4 Å². The Morgan fingerprint density at radius 3 is 2.67 bits per heavy atom. The summed E-state index contributed by atoms with van der Waals surface area (Å²) in [5.41, 5.74) is 2.93. The molecular formula is C21H29N3O3. The maximum atomic E-state index is 12.8. The molecular weight excluding hydrogens is 342 g/mol. The third kappa shape index (κ3) is 4.10. The highest BCUT2D eigenvalue weighted by molar-refractivity contribution is 5.87. The number of ether oxygens (including phenoxy) is 1. The van der Waals surface area contributed by atoms with Crippen LogP contribution >= 0.6 is 0 Å². The number of aromatic amines is 1. The van der Waals surface area contributed by atoms with Gasteiger partial charge in [-0.25, -0.2) is 4.79 Å². The van der Waals surface area contributed by atoms with Gasteiger partial charge in [-0.3, -0.25) is 4.79 Å². The van der Waals surface area contributed by atoms with Gasteiger partial charge >= 0.3 is 6.09 Å². The first-order chi connectivity index (χ1) is 12.7. The van der Waals surface area contributed by atoms with Crippen molar-refractivity contribution < 1.29 is 14.3 Å². The lowest BCUT2D eigenvalue weighted by Gasteiger charge is -2.38. The second-order valence-electron chi connectivity index (χ2n) is 8.44. The summed E-state index contributed by atoms with van der Waals surface area (Å²) in [6.07, 6.45) is 0.237. The number of alkyl carbamates (subject to hydrolysis) is 1. The third-order valence-corrected chi connectivity index (χ3v) is 4.82. The zero-order valence-corrected chi connectivity index (χ0v) is 16.8. The lowest BCUT2D eigenvalue weighted by molar-refractivity contribution is -0.134. The molecule has 146 valence electrons. The Morgan fingerprint density at radius 1 is 1.30 bits per heavy atom. The maximum absolute atomic E-state index is 12.8. The summed E-state index contributed by atoms with van der Waals surface area (Å²) in [4.78, 5) is 30.1. The molecule has 1 aliphatic rings. The fourth-order valence-corrected chi connectivity index (χ4v) is 3.81. The molecule has 1 atom stereocenters. The third-order valence-electron chi connectivity index (χ3n) is 4.82. The number of rotatable bonds is 3. The highest BCUT2D eigenvalue weighted by Crippen LogP contribution is 2.38. The minimum Gasteiger partial charge on any atom is -0.444 e. The lowest BCUT2D eigenvalue weighted by Crippen LogP contribution is -2.47. The highest BCUT2D eigenvalue weighted by atomic mass is 16.6. The van der Waals surface area contributed by atoms with E-state index in [0.717, 1.165) is 17.6 Å². The van der Waals surface area contributed by atoms with E-state index in [4.69, 9.17) is 4.74 Å². The van der Waals surface area contributed by atoms with Gasteiger partial charge in [0.05, 0.1) is 6.04 Å². The average molecular weight is 371 g/mol. The Kier molecular flexibility index (Phi) is 5.18. The van der Waals surface area contributed by atoms with Crippen LogP contribution in [-0.2, 0) is 16.0 Å². The van der Waals surface area contributed by atoms with E-state index in [9.17, 15) is 9.59 Å². The number of nitrogens with zero attached hydrogens (tertiary/aromatic N) is 1. The van der Waals surface area contributed by atoms with Crippen molar-refractivity contribution in [3.8, 4) is 0 Å². The summed E-state index contributed by atoms with van der Waals surface area (Å²) in [7, 11) is 0. The van der Waals surface area contributed by atoms with E-state index in [2.05, 4.69) is 36.3 Å². The van der Waals surface area contributed by atoms with E-state index in [1.54, 1.807) is 20.8 Å². The number of carbonyl (C=O) groups is 2. The Morgan fingerprint density at radius 2 is 2.00 bits per heavy atom. The summed E-state index contributed by atoms with van der Waals surface area (Å²) >= 11 is 0. The quantitative estimate of drug-likeness (QED) is 0.862. The number of hydrogen-bond acceptors (Lipinski definition) is 3. The van der Waals surface area contributed by atoms with Crippen LogP contribution in [0.25, 0.3) is 10.9 Å². The number of benzene rings is 1. The molecule has 6 heteroatoms. The Hall–Kier alpha value is -2.50. The smallest absolute Gasteiger partial charge is 0.408 e. The predicted molar refractivity (Wildman–Crippen MR) is 106 cm³/mol. The van der Waals surface area contributed by atoms with Gasteiger partial charge in [0.2, 0.25) is 5.91 Å².